The van der Waals surface area contributed by atoms with E-state index in [-0.39, 0.29) is 5.82 Å². The van der Waals surface area contributed by atoms with Gasteiger partial charge in [0.25, 0.3) is 0 Å². The van der Waals surface area contributed by atoms with Gasteiger partial charge in [-0.3, -0.25) is 0 Å². The maximum absolute atomic E-state index is 13.3. The molecule has 0 spiro atoms. The Morgan fingerprint density at radius 2 is 2.05 bits per heavy atom. The fraction of sp³-hybridized carbons (Fsp3) is 0.625. The molecule has 1 aromatic rings. The third-order valence-electron chi connectivity index (χ3n) is 3.16. The lowest BCUT2D eigenvalue weighted by atomic mass is 9.94. The average molecular weight is 283 g/mol. The molecule has 1 unspecified atom stereocenters. The summed E-state index contributed by atoms with van der Waals surface area (Å²) in [5.74, 6) is 2.12. The van der Waals surface area contributed by atoms with E-state index in [4.69, 9.17) is 0 Å². The van der Waals surface area contributed by atoms with Crippen LogP contribution in [0.4, 0.5) is 4.39 Å². The smallest absolute Gasteiger partial charge is 0.123 e. The van der Waals surface area contributed by atoms with Crippen molar-refractivity contribution < 1.29 is 4.39 Å². The van der Waals surface area contributed by atoms with Gasteiger partial charge in [-0.25, -0.2) is 4.39 Å². The molecule has 1 aromatic carbocycles. The molecular formula is C16H26FNS. The van der Waals surface area contributed by atoms with Crippen LogP contribution in [0, 0.1) is 11.7 Å². The van der Waals surface area contributed by atoms with Crippen LogP contribution >= 0.6 is 11.8 Å². The van der Waals surface area contributed by atoms with E-state index in [1.807, 2.05) is 23.9 Å². The van der Waals surface area contributed by atoms with E-state index < -0.39 is 0 Å². The topological polar surface area (TPSA) is 12.0 Å². The quantitative estimate of drug-likeness (QED) is 0.678. The van der Waals surface area contributed by atoms with Gasteiger partial charge in [0, 0.05) is 6.54 Å². The minimum absolute atomic E-state index is 0.128. The summed E-state index contributed by atoms with van der Waals surface area (Å²) in [5.41, 5.74) is 1.12. The van der Waals surface area contributed by atoms with Crippen LogP contribution in [-0.4, -0.2) is 25.1 Å². The molecule has 0 aromatic heterocycles. The van der Waals surface area contributed by atoms with Crippen LogP contribution in [0.3, 0.4) is 0 Å². The molecule has 1 atom stereocenters. The van der Waals surface area contributed by atoms with Crippen LogP contribution in [0.1, 0.15) is 38.2 Å². The van der Waals surface area contributed by atoms with E-state index in [0.717, 1.165) is 25.1 Å². The van der Waals surface area contributed by atoms with Gasteiger partial charge >= 0.3 is 0 Å². The summed E-state index contributed by atoms with van der Waals surface area (Å²) in [6, 6.07) is 7.06. The normalized spacial score (nSPS) is 12.9. The van der Waals surface area contributed by atoms with Crippen LogP contribution < -0.4 is 5.32 Å². The fourth-order valence-corrected chi connectivity index (χ4v) is 2.62. The van der Waals surface area contributed by atoms with Crippen LogP contribution in [0.5, 0.6) is 0 Å². The predicted molar refractivity (Wildman–Crippen MR) is 84.5 cm³/mol. The Kier molecular flexibility index (Phi) is 8.15. The first-order valence-corrected chi connectivity index (χ1v) is 8.48. The second-order valence-corrected chi connectivity index (χ2v) is 6.42. The van der Waals surface area contributed by atoms with Crippen molar-refractivity contribution in [3.8, 4) is 0 Å². The number of rotatable bonds is 9. The molecule has 0 aliphatic carbocycles. The zero-order chi connectivity index (χ0) is 14.1. The Morgan fingerprint density at radius 3 is 2.68 bits per heavy atom. The van der Waals surface area contributed by atoms with Gasteiger partial charge in [-0.05, 0) is 60.9 Å². The third-order valence-corrected chi connectivity index (χ3v) is 3.86. The Morgan fingerprint density at radius 1 is 1.26 bits per heavy atom. The maximum Gasteiger partial charge on any atom is 0.123 e. The lowest BCUT2D eigenvalue weighted by molar-refractivity contribution is 0.496. The summed E-state index contributed by atoms with van der Waals surface area (Å²) in [6.07, 6.45) is 4.44. The van der Waals surface area contributed by atoms with Crippen molar-refractivity contribution >= 4 is 11.8 Å². The molecule has 19 heavy (non-hydrogen) atoms. The first-order valence-electron chi connectivity index (χ1n) is 7.08. The van der Waals surface area contributed by atoms with Gasteiger partial charge in [0.1, 0.15) is 5.82 Å². The van der Waals surface area contributed by atoms with Crippen molar-refractivity contribution in [2.45, 2.75) is 32.6 Å². The van der Waals surface area contributed by atoms with Crippen LogP contribution in [-0.2, 0) is 0 Å². The molecule has 0 amide bonds. The molecule has 0 saturated heterocycles. The molecule has 1 N–H and O–H groups in total. The molecule has 0 fully saturated rings. The van der Waals surface area contributed by atoms with Crippen LogP contribution in [0.25, 0.3) is 0 Å². The van der Waals surface area contributed by atoms with E-state index >= 15 is 0 Å². The molecule has 0 saturated carbocycles. The van der Waals surface area contributed by atoms with Gasteiger partial charge in [0.2, 0.25) is 0 Å². The minimum atomic E-state index is -0.128. The zero-order valence-corrected chi connectivity index (χ0v) is 13.1. The molecule has 1 rings (SSSR count). The fourth-order valence-electron chi connectivity index (χ4n) is 2.17. The largest absolute Gasteiger partial charge is 0.316 e. The number of nitrogens with one attached hydrogen (secondary N) is 1. The summed E-state index contributed by atoms with van der Waals surface area (Å²) < 4.78 is 13.3. The van der Waals surface area contributed by atoms with Crippen molar-refractivity contribution in [3.05, 3.63) is 35.6 Å². The number of hydrogen-bond acceptors (Lipinski definition) is 2. The number of thioether (sulfide) groups is 1. The average Bonchev–Trinajstić information content (AvgIpc) is 2.37. The molecule has 3 heteroatoms. The minimum Gasteiger partial charge on any atom is -0.316 e. The lowest BCUT2D eigenvalue weighted by Crippen LogP contribution is -2.25. The summed E-state index contributed by atoms with van der Waals surface area (Å²) >= 11 is 1.88. The van der Waals surface area contributed by atoms with Crippen molar-refractivity contribution in [1.29, 1.82) is 0 Å². The zero-order valence-electron chi connectivity index (χ0n) is 12.3. The van der Waals surface area contributed by atoms with Crippen molar-refractivity contribution in [3.63, 3.8) is 0 Å². The second kappa shape index (κ2) is 9.38. The number of hydrogen-bond donors (Lipinski definition) is 1. The highest BCUT2D eigenvalue weighted by molar-refractivity contribution is 7.98. The van der Waals surface area contributed by atoms with Gasteiger partial charge in [-0.15, -0.1) is 0 Å². The first kappa shape index (κ1) is 16.5. The van der Waals surface area contributed by atoms with E-state index in [1.165, 1.54) is 18.2 Å². The summed E-state index contributed by atoms with van der Waals surface area (Å²) in [6.45, 7) is 6.38. The molecule has 1 nitrogen and oxygen atoms in total. The Bertz CT molecular complexity index is 354. The van der Waals surface area contributed by atoms with Crippen molar-refractivity contribution in [1.82, 2.24) is 5.32 Å². The molecule has 0 radical (unpaired) electrons. The highest BCUT2D eigenvalue weighted by Gasteiger charge is 2.12. The van der Waals surface area contributed by atoms with Crippen molar-refractivity contribution in [2.75, 3.05) is 25.1 Å². The van der Waals surface area contributed by atoms with Gasteiger partial charge in [0.05, 0.1) is 0 Å². The van der Waals surface area contributed by atoms with E-state index in [2.05, 4.69) is 25.4 Å². The van der Waals surface area contributed by atoms with E-state index in [0.29, 0.717) is 11.8 Å². The van der Waals surface area contributed by atoms with E-state index in [9.17, 15) is 4.39 Å². The van der Waals surface area contributed by atoms with Gasteiger partial charge < -0.3 is 5.32 Å². The summed E-state index contributed by atoms with van der Waals surface area (Å²) in [4.78, 5) is 0. The lowest BCUT2D eigenvalue weighted by Gasteiger charge is -2.19. The predicted octanol–water partition coefficient (Wildman–Crippen LogP) is 4.30. The van der Waals surface area contributed by atoms with Crippen LogP contribution in [0.15, 0.2) is 24.3 Å². The summed E-state index contributed by atoms with van der Waals surface area (Å²) in [7, 11) is 0. The highest BCUT2D eigenvalue weighted by Crippen LogP contribution is 2.22. The highest BCUT2D eigenvalue weighted by atomic mass is 32.2. The molecule has 0 aliphatic rings. The monoisotopic (exact) mass is 283 g/mol. The standard InChI is InChI=1S/C16H26FNS/c1-13(2)11-18-12-15(7-5-9-19-3)14-6-4-8-16(17)10-14/h4,6,8,10,13,15,18H,5,7,9,11-12H2,1-3H3. The molecule has 0 aliphatic heterocycles. The first-order chi connectivity index (χ1) is 9.13. The van der Waals surface area contributed by atoms with Crippen molar-refractivity contribution in [2.24, 2.45) is 5.92 Å². The Labute approximate surface area is 121 Å². The Hall–Kier alpha value is -0.540. The second-order valence-electron chi connectivity index (χ2n) is 5.44. The molecule has 108 valence electrons. The number of benzene rings is 1. The molecule has 0 heterocycles. The molecular weight excluding hydrogens is 257 g/mol. The SMILES string of the molecule is CSCCCC(CNCC(C)C)c1cccc(F)c1. The van der Waals surface area contributed by atoms with Gasteiger partial charge in [0.15, 0.2) is 0 Å². The number of halogens is 1. The van der Waals surface area contributed by atoms with E-state index in [1.54, 1.807) is 6.07 Å². The summed E-state index contributed by atoms with van der Waals surface area (Å²) in [5, 5.41) is 3.50. The van der Waals surface area contributed by atoms with Crippen LogP contribution in [0.2, 0.25) is 0 Å². The Balaban J connectivity index is 2.57. The molecule has 0 bridgehead atoms. The third kappa shape index (κ3) is 6.98. The van der Waals surface area contributed by atoms with Gasteiger partial charge in [-0.2, -0.15) is 11.8 Å². The van der Waals surface area contributed by atoms with Gasteiger partial charge in [-0.1, -0.05) is 26.0 Å². The maximum atomic E-state index is 13.3.